The first kappa shape index (κ1) is 18.7. The number of ether oxygens (including phenoxy) is 1. The Kier molecular flexibility index (Phi) is 4.98. The zero-order chi connectivity index (χ0) is 19.8. The fourth-order valence-electron chi connectivity index (χ4n) is 3.38. The first-order valence-electron chi connectivity index (χ1n) is 9.34. The van der Waals surface area contributed by atoms with Gasteiger partial charge in [-0.15, -0.1) is 0 Å². The molecule has 6 nitrogen and oxygen atoms in total. The zero-order valence-corrected chi connectivity index (χ0v) is 16.4. The van der Waals surface area contributed by atoms with Gasteiger partial charge in [-0.25, -0.2) is 5.01 Å². The highest BCUT2D eigenvalue weighted by Crippen LogP contribution is 2.39. The Morgan fingerprint density at radius 1 is 1.29 bits per heavy atom. The molecule has 2 aromatic rings. The van der Waals surface area contributed by atoms with Crippen LogP contribution in [0.3, 0.4) is 0 Å². The molecule has 1 amide bonds. The largest absolute Gasteiger partial charge is 0.467 e. The topological polar surface area (TPSA) is 72.1 Å². The molecule has 0 saturated heterocycles. The van der Waals surface area contributed by atoms with Gasteiger partial charge in [0.15, 0.2) is 6.10 Å². The molecule has 7 heteroatoms. The summed E-state index contributed by atoms with van der Waals surface area (Å²) in [7, 11) is 0. The van der Waals surface area contributed by atoms with E-state index in [0.29, 0.717) is 23.1 Å². The summed E-state index contributed by atoms with van der Waals surface area (Å²) in [6.45, 7) is 3.58. The van der Waals surface area contributed by atoms with E-state index in [1.165, 1.54) is 5.01 Å². The molecule has 1 aliphatic carbocycles. The molecule has 1 fully saturated rings. The maximum Gasteiger partial charge on any atom is 0.309 e. The van der Waals surface area contributed by atoms with Crippen molar-refractivity contribution < 1.29 is 18.7 Å². The minimum absolute atomic E-state index is 0.0946. The van der Waals surface area contributed by atoms with Crippen molar-refractivity contribution >= 4 is 29.2 Å². The first-order chi connectivity index (χ1) is 13.4. The number of hydrogen-bond donors (Lipinski definition) is 0. The van der Waals surface area contributed by atoms with E-state index in [1.54, 1.807) is 31.4 Å². The Hall–Kier alpha value is -2.60. The van der Waals surface area contributed by atoms with Crippen molar-refractivity contribution in [2.24, 2.45) is 16.9 Å². The van der Waals surface area contributed by atoms with Crippen LogP contribution in [0.1, 0.15) is 44.1 Å². The van der Waals surface area contributed by atoms with Gasteiger partial charge in [0.05, 0.1) is 17.9 Å². The van der Waals surface area contributed by atoms with E-state index in [0.717, 1.165) is 17.7 Å². The maximum atomic E-state index is 13.0. The molecule has 2 heterocycles. The minimum atomic E-state index is -0.911. The molecular formula is C21H21ClN2O4. The van der Waals surface area contributed by atoms with E-state index < -0.39 is 6.10 Å². The second-order valence-corrected chi connectivity index (χ2v) is 7.81. The summed E-state index contributed by atoms with van der Waals surface area (Å²) in [5.74, 6) is 0.182. The van der Waals surface area contributed by atoms with E-state index in [9.17, 15) is 9.59 Å². The molecule has 2 aliphatic rings. The summed E-state index contributed by atoms with van der Waals surface area (Å²) in [5.41, 5.74) is 1.63. The smallest absolute Gasteiger partial charge is 0.309 e. The van der Waals surface area contributed by atoms with Gasteiger partial charge in [-0.1, -0.05) is 30.7 Å². The second-order valence-electron chi connectivity index (χ2n) is 7.37. The van der Waals surface area contributed by atoms with Crippen molar-refractivity contribution in [3.05, 3.63) is 59.0 Å². The van der Waals surface area contributed by atoms with Crippen molar-refractivity contribution in [2.75, 3.05) is 0 Å². The molecule has 1 aromatic heterocycles. The van der Waals surface area contributed by atoms with Crippen LogP contribution in [0.2, 0.25) is 5.02 Å². The number of carbonyl (C=O) groups is 2. The zero-order valence-electron chi connectivity index (χ0n) is 15.7. The molecule has 1 aromatic carbocycles. The van der Waals surface area contributed by atoms with Crippen molar-refractivity contribution in [1.29, 1.82) is 0 Å². The minimum Gasteiger partial charge on any atom is -0.467 e. The van der Waals surface area contributed by atoms with Crippen molar-refractivity contribution in [1.82, 2.24) is 5.01 Å². The van der Waals surface area contributed by atoms with E-state index in [1.807, 2.05) is 25.1 Å². The molecule has 0 N–H and O–H groups in total. The molecule has 4 rings (SSSR count). The molecule has 1 aliphatic heterocycles. The van der Waals surface area contributed by atoms with Gasteiger partial charge in [0, 0.05) is 11.4 Å². The van der Waals surface area contributed by atoms with Gasteiger partial charge in [-0.3, -0.25) is 9.59 Å². The highest BCUT2D eigenvalue weighted by Gasteiger charge is 2.43. The highest BCUT2D eigenvalue weighted by molar-refractivity contribution is 6.30. The Labute approximate surface area is 168 Å². The van der Waals surface area contributed by atoms with Crippen LogP contribution >= 0.6 is 11.6 Å². The SMILES string of the molecule is C[C@H](OC(=O)[C@H]1C[C@H]1C)C(=O)N1N=C(c2ccc(Cl)cc2)C[C@H]1c1ccco1. The number of amides is 1. The fourth-order valence-corrected chi connectivity index (χ4v) is 3.51. The number of nitrogens with zero attached hydrogens (tertiary/aromatic N) is 2. The standard InChI is InChI=1S/C21H21ClN2O4/c1-12-10-16(12)21(26)28-13(2)20(25)24-18(19-4-3-9-27-19)11-17(23-24)14-5-7-15(22)8-6-14/h3-9,12-13,16,18H,10-11H2,1-2H3/t12-,13+,16+,18+/m1/s1. The van der Waals surface area contributed by atoms with Crippen LogP contribution in [0.25, 0.3) is 0 Å². The Balaban J connectivity index is 1.56. The third kappa shape index (κ3) is 3.69. The lowest BCUT2D eigenvalue weighted by Gasteiger charge is -2.23. The van der Waals surface area contributed by atoms with Crippen molar-refractivity contribution in [3.8, 4) is 0 Å². The lowest BCUT2D eigenvalue weighted by atomic mass is 10.0. The molecular weight excluding hydrogens is 380 g/mol. The summed E-state index contributed by atoms with van der Waals surface area (Å²) in [5, 5.41) is 6.54. The maximum absolute atomic E-state index is 13.0. The molecule has 0 unspecified atom stereocenters. The third-order valence-electron chi connectivity index (χ3n) is 5.24. The number of benzene rings is 1. The van der Waals surface area contributed by atoms with Gasteiger partial charge in [0.2, 0.25) is 0 Å². The van der Waals surface area contributed by atoms with E-state index in [4.69, 9.17) is 20.8 Å². The lowest BCUT2D eigenvalue weighted by molar-refractivity contribution is -0.161. The van der Waals surface area contributed by atoms with Gasteiger partial charge in [0.1, 0.15) is 11.8 Å². The van der Waals surface area contributed by atoms with Crippen LogP contribution in [0.5, 0.6) is 0 Å². The van der Waals surface area contributed by atoms with Crippen molar-refractivity contribution in [3.63, 3.8) is 0 Å². The summed E-state index contributed by atoms with van der Waals surface area (Å²) in [4.78, 5) is 25.1. The number of furan rings is 1. The summed E-state index contributed by atoms with van der Waals surface area (Å²) in [6.07, 6.45) is 1.97. The molecule has 0 spiro atoms. The molecule has 28 heavy (non-hydrogen) atoms. The normalized spacial score (nSPS) is 24.6. The molecule has 1 saturated carbocycles. The molecule has 146 valence electrons. The second kappa shape index (κ2) is 7.43. The van der Waals surface area contributed by atoms with Gasteiger partial charge >= 0.3 is 5.97 Å². The molecule has 0 radical (unpaired) electrons. The predicted octanol–water partition coefficient (Wildman–Crippen LogP) is 4.20. The molecule has 0 bridgehead atoms. The van der Waals surface area contributed by atoms with Gasteiger partial charge < -0.3 is 9.15 Å². The number of esters is 1. The average molecular weight is 401 g/mol. The lowest BCUT2D eigenvalue weighted by Crippen LogP contribution is -2.37. The quantitative estimate of drug-likeness (QED) is 0.705. The predicted molar refractivity (Wildman–Crippen MR) is 104 cm³/mol. The van der Waals surface area contributed by atoms with Crippen LogP contribution in [-0.4, -0.2) is 28.7 Å². The number of carbonyl (C=O) groups excluding carboxylic acids is 2. The highest BCUT2D eigenvalue weighted by atomic mass is 35.5. The number of rotatable bonds is 5. The summed E-state index contributed by atoms with van der Waals surface area (Å²) < 4.78 is 10.9. The van der Waals surface area contributed by atoms with E-state index >= 15 is 0 Å². The number of hydrogen-bond acceptors (Lipinski definition) is 5. The van der Waals surface area contributed by atoms with E-state index in [2.05, 4.69) is 5.10 Å². The number of halogens is 1. The Morgan fingerprint density at radius 3 is 2.61 bits per heavy atom. The van der Waals surface area contributed by atoms with E-state index in [-0.39, 0.29) is 23.8 Å². The summed E-state index contributed by atoms with van der Waals surface area (Å²) >= 11 is 5.97. The van der Waals surface area contributed by atoms with Gasteiger partial charge in [0.25, 0.3) is 5.91 Å². The van der Waals surface area contributed by atoms with Crippen LogP contribution in [-0.2, 0) is 14.3 Å². The van der Waals surface area contributed by atoms with Crippen LogP contribution < -0.4 is 0 Å². The van der Waals surface area contributed by atoms with Crippen LogP contribution in [0, 0.1) is 11.8 Å². The summed E-state index contributed by atoms with van der Waals surface area (Å²) in [6, 6.07) is 10.5. The monoisotopic (exact) mass is 400 g/mol. The van der Waals surface area contributed by atoms with Crippen LogP contribution in [0.4, 0.5) is 0 Å². The fraction of sp³-hybridized carbons (Fsp3) is 0.381. The Morgan fingerprint density at radius 2 is 2.00 bits per heavy atom. The first-order valence-corrected chi connectivity index (χ1v) is 9.72. The van der Waals surface area contributed by atoms with Gasteiger partial charge in [-0.05, 0) is 49.1 Å². The van der Waals surface area contributed by atoms with Crippen LogP contribution in [0.15, 0.2) is 52.2 Å². The van der Waals surface area contributed by atoms with Gasteiger partial charge in [-0.2, -0.15) is 5.10 Å². The third-order valence-corrected chi connectivity index (χ3v) is 5.49. The Bertz CT molecular complexity index is 907. The average Bonchev–Trinajstić information content (AvgIpc) is 3.08. The molecule has 4 atom stereocenters. The van der Waals surface area contributed by atoms with Crippen molar-refractivity contribution in [2.45, 2.75) is 38.8 Å². The number of hydrazone groups is 1.